The monoisotopic (exact) mass is 517 g/mol. The van der Waals surface area contributed by atoms with Crippen molar-refractivity contribution in [2.75, 3.05) is 32.7 Å². The zero-order chi connectivity index (χ0) is 26.6. The van der Waals surface area contributed by atoms with Gasteiger partial charge in [-0.3, -0.25) is 34.3 Å². The molecule has 38 heavy (non-hydrogen) atoms. The lowest BCUT2D eigenvalue weighted by atomic mass is 9.42. The van der Waals surface area contributed by atoms with Crippen molar-refractivity contribution in [1.29, 1.82) is 5.26 Å². The largest absolute Gasteiger partial charge is 0.301 e. The molecule has 3 fully saturated rings. The van der Waals surface area contributed by atoms with E-state index >= 15 is 0 Å². The Morgan fingerprint density at radius 3 is 2.42 bits per heavy atom. The molecule has 3 saturated heterocycles. The molecule has 0 radical (unpaired) electrons. The van der Waals surface area contributed by atoms with E-state index in [1.807, 2.05) is 6.07 Å². The quantitative estimate of drug-likeness (QED) is 0.319. The number of carbonyl (C=O) groups is 4. The molecule has 0 aromatic heterocycles. The van der Waals surface area contributed by atoms with Gasteiger partial charge in [0.25, 0.3) is 18.5 Å². The highest BCUT2D eigenvalue weighted by atomic mass is 16.2. The number of unbranched alkanes of at least 4 members (excludes halogenated alkanes) is 2. The number of nitrogens with zero attached hydrogens (tertiary/aromatic N) is 4. The van der Waals surface area contributed by atoms with Crippen LogP contribution in [-0.2, 0) is 16.0 Å². The molecule has 4 aliphatic rings. The van der Waals surface area contributed by atoms with E-state index < -0.39 is 23.8 Å². The minimum absolute atomic E-state index is 0.120. The molecule has 0 saturated carbocycles. The summed E-state index contributed by atoms with van der Waals surface area (Å²) in [5, 5.41) is 11.4. The molecule has 1 N–H and O–H groups in total. The van der Waals surface area contributed by atoms with Crippen LogP contribution in [-0.4, -0.2) is 89.8 Å². The van der Waals surface area contributed by atoms with Gasteiger partial charge in [-0.25, -0.2) is 5.26 Å². The minimum Gasteiger partial charge on any atom is -0.301 e. The second-order valence-corrected chi connectivity index (χ2v) is 11.1. The molecule has 1 unspecified atom stereocenters. The van der Waals surface area contributed by atoms with Crippen LogP contribution in [0.15, 0.2) is 18.2 Å². The molecule has 0 bridgehead atoms. The van der Waals surface area contributed by atoms with Crippen molar-refractivity contribution in [2.24, 2.45) is 0 Å². The lowest BCUT2D eigenvalue weighted by Crippen LogP contribution is -2.54. The highest BCUT2D eigenvalue weighted by Gasteiger charge is 2.45. The summed E-state index contributed by atoms with van der Waals surface area (Å²) in [6.07, 6.45) is 8.46. The molecule has 4 amide bonds. The van der Waals surface area contributed by atoms with Crippen LogP contribution in [0.5, 0.6) is 0 Å². The van der Waals surface area contributed by atoms with Crippen LogP contribution in [0, 0.1) is 11.2 Å². The van der Waals surface area contributed by atoms with Crippen LogP contribution in [0.3, 0.4) is 0 Å². The number of carbonyl (C=O) groups excluding carboxylic acids is 4. The van der Waals surface area contributed by atoms with Crippen LogP contribution >= 0.6 is 0 Å². The van der Waals surface area contributed by atoms with Crippen molar-refractivity contribution in [2.45, 2.75) is 76.1 Å². The van der Waals surface area contributed by atoms with Crippen molar-refractivity contribution in [3.63, 3.8) is 0 Å². The Hall–Kier alpha value is -3.03. The Balaban J connectivity index is 1.06. The minimum atomic E-state index is -0.930. The van der Waals surface area contributed by atoms with Crippen LogP contribution in [0.1, 0.15) is 71.2 Å². The first-order chi connectivity index (χ1) is 18.5. The van der Waals surface area contributed by atoms with E-state index in [4.69, 9.17) is 5.26 Å². The zero-order valence-corrected chi connectivity index (χ0v) is 22.0. The maximum atomic E-state index is 13.2. The number of piperidine rings is 1. The summed E-state index contributed by atoms with van der Waals surface area (Å²) in [7, 11) is 0. The van der Waals surface area contributed by atoms with Crippen molar-refractivity contribution in [1.82, 2.24) is 20.0 Å². The Kier molecular flexibility index (Phi) is 8.25. The van der Waals surface area contributed by atoms with Crippen molar-refractivity contribution >= 4 is 30.3 Å². The number of aryl methyl sites for hydroxylation is 1. The van der Waals surface area contributed by atoms with Gasteiger partial charge in [-0.15, -0.1) is 0 Å². The average Bonchev–Trinajstić information content (AvgIpc) is 3.19. The van der Waals surface area contributed by atoms with Gasteiger partial charge in [0.2, 0.25) is 11.8 Å². The molecule has 10 heteroatoms. The van der Waals surface area contributed by atoms with Gasteiger partial charge in [0.05, 0.1) is 11.1 Å². The van der Waals surface area contributed by atoms with Crippen molar-refractivity contribution in [3.8, 4) is 5.97 Å². The summed E-state index contributed by atoms with van der Waals surface area (Å²) in [4.78, 5) is 56.3. The molecular formula is C28H36BN5O4. The van der Waals surface area contributed by atoms with Gasteiger partial charge < -0.3 is 4.90 Å². The summed E-state index contributed by atoms with van der Waals surface area (Å²) >= 11 is 0. The van der Waals surface area contributed by atoms with Gasteiger partial charge in [-0.2, -0.15) is 0 Å². The number of hydrogen-bond donors (Lipinski definition) is 1. The fraction of sp³-hybridized carbons (Fsp3) is 0.607. The molecule has 1 aromatic rings. The zero-order valence-electron chi connectivity index (χ0n) is 22.0. The van der Waals surface area contributed by atoms with Gasteiger partial charge in [-0.1, -0.05) is 31.2 Å². The predicted octanol–water partition coefficient (Wildman–Crippen LogP) is 2.14. The third-order valence-electron chi connectivity index (χ3n) is 8.78. The van der Waals surface area contributed by atoms with Crippen LogP contribution in [0.25, 0.3) is 0 Å². The van der Waals surface area contributed by atoms with Gasteiger partial charge >= 0.3 is 0 Å². The maximum absolute atomic E-state index is 13.2. The van der Waals surface area contributed by atoms with Crippen LogP contribution in [0.4, 0.5) is 0 Å². The number of piperazine rings is 1. The first-order valence-corrected chi connectivity index (χ1v) is 14.2. The first kappa shape index (κ1) is 26.6. The number of imide groups is 2. The predicted molar refractivity (Wildman–Crippen MR) is 143 cm³/mol. The smallest absolute Gasteiger partial charge is 0.267 e. The number of benzene rings is 1. The second-order valence-electron chi connectivity index (χ2n) is 11.1. The summed E-state index contributed by atoms with van der Waals surface area (Å²) in [5.74, 6) is 0.610. The average molecular weight is 517 g/mol. The lowest BCUT2D eigenvalue weighted by Gasteiger charge is -2.41. The SMILES string of the molecule is N#CB1CCC(N2CCN(CCCCCc3cccc4c3C(=O)N(C3CCC(=O)NC3=O)C4=O)CC2)CC1. The van der Waals surface area contributed by atoms with Gasteiger partial charge in [0.15, 0.2) is 0 Å². The standard InChI is InChI=1S/C28H36BN5O4/c30-19-29-12-10-21(11-13-29)33-17-15-32(16-18-33)14-3-1-2-5-20-6-4-7-22-25(20)28(38)34(27(22)37)23-8-9-24(35)31-26(23)36/h4,6-7,21,23H,1-3,5,8-18H2,(H,31,35,36). The summed E-state index contributed by atoms with van der Waals surface area (Å²) < 4.78 is 0. The summed E-state index contributed by atoms with van der Waals surface area (Å²) in [6.45, 7) is 5.74. The Morgan fingerprint density at radius 1 is 0.947 bits per heavy atom. The summed E-state index contributed by atoms with van der Waals surface area (Å²) in [5.41, 5.74) is 1.63. The maximum Gasteiger partial charge on any atom is 0.267 e. The Bertz CT molecular complexity index is 1130. The van der Waals surface area contributed by atoms with Crippen molar-refractivity contribution < 1.29 is 19.2 Å². The van der Waals surface area contributed by atoms with E-state index in [9.17, 15) is 19.2 Å². The molecule has 1 aromatic carbocycles. The number of hydrogen-bond acceptors (Lipinski definition) is 7. The number of fused-ring (bicyclic) bond motifs is 1. The number of rotatable bonds is 8. The molecule has 5 rings (SSSR count). The van der Waals surface area contributed by atoms with E-state index in [-0.39, 0.29) is 25.5 Å². The van der Waals surface area contributed by atoms with Crippen molar-refractivity contribution in [3.05, 3.63) is 34.9 Å². The van der Waals surface area contributed by atoms with E-state index in [2.05, 4.69) is 21.1 Å². The molecule has 9 nitrogen and oxygen atoms in total. The molecule has 0 aliphatic carbocycles. The molecule has 200 valence electrons. The van der Waals surface area contributed by atoms with E-state index in [0.717, 1.165) is 87.9 Å². The normalized spacial score (nSPS) is 23.5. The Morgan fingerprint density at radius 2 is 1.71 bits per heavy atom. The molecule has 1 atom stereocenters. The fourth-order valence-corrected chi connectivity index (χ4v) is 6.54. The summed E-state index contributed by atoms with van der Waals surface area (Å²) in [6, 6.07) is 5.08. The fourth-order valence-electron chi connectivity index (χ4n) is 6.54. The molecule has 0 spiro atoms. The highest BCUT2D eigenvalue weighted by molar-refractivity contribution is 6.67. The van der Waals surface area contributed by atoms with Gasteiger partial charge in [0.1, 0.15) is 6.04 Å². The molecule has 4 aliphatic heterocycles. The highest BCUT2D eigenvalue weighted by Crippen LogP contribution is 2.31. The van der Waals surface area contributed by atoms with E-state index in [1.54, 1.807) is 12.1 Å². The number of nitriles is 1. The molecule has 4 heterocycles. The molecular weight excluding hydrogens is 481 g/mol. The van der Waals surface area contributed by atoms with E-state index in [1.165, 1.54) is 0 Å². The van der Waals surface area contributed by atoms with Gasteiger partial charge in [0, 0.05) is 44.6 Å². The second kappa shape index (κ2) is 11.8. The van der Waals surface area contributed by atoms with Gasteiger partial charge in [-0.05, 0) is 56.7 Å². The van der Waals surface area contributed by atoms with Crippen LogP contribution < -0.4 is 5.32 Å². The third kappa shape index (κ3) is 5.54. The lowest BCUT2D eigenvalue weighted by molar-refractivity contribution is -0.136. The number of nitrogens with one attached hydrogen (secondary N) is 1. The van der Waals surface area contributed by atoms with Crippen LogP contribution in [0.2, 0.25) is 12.6 Å². The number of amides is 4. The van der Waals surface area contributed by atoms with E-state index in [0.29, 0.717) is 23.6 Å². The third-order valence-corrected chi connectivity index (χ3v) is 8.78. The topological polar surface area (TPSA) is 114 Å². The Labute approximate surface area is 224 Å². The first-order valence-electron chi connectivity index (χ1n) is 14.2.